The lowest BCUT2D eigenvalue weighted by atomic mass is 10.1. The van der Waals surface area contributed by atoms with Gasteiger partial charge in [0.1, 0.15) is 5.82 Å². The van der Waals surface area contributed by atoms with Crippen LogP contribution in [0.25, 0.3) is 10.9 Å². The van der Waals surface area contributed by atoms with Gasteiger partial charge >= 0.3 is 0 Å². The third-order valence-electron chi connectivity index (χ3n) is 5.34. The summed E-state index contributed by atoms with van der Waals surface area (Å²) >= 11 is 0. The zero-order valence-electron chi connectivity index (χ0n) is 16.1. The normalized spacial score (nSPS) is 16.9. The van der Waals surface area contributed by atoms with E-state index in [1.807, 2.05) is 42.7 Å². The molecule has 3 aromatic heterocycles. The Bertz CT molecular complexity index is 1110. The van der Waals surface area contributed by atoms with Gasteiger partial charge in [-0.05, 0) is 61.3 Å². The minimum atomic E-state index is 0.298. The van der Waals surface area contributed by atoms with Crippen LogP contribution in [-0.4, -0.2) is 31.4 Å². The lowest BCUT2D eigenvalue weighted by molar-refractivity contribution is 0.244. The molecule has 1 aromatic carbocycles. The number of nitrogens with one attached hydrogen (secondary N) is 1. The molecule has 0 spiro atoms. The van der Waals surface area contributed by atoms with Gasteiger partial charge in [0.15, 0.2) is 0 Å². The standard InChI is InChI=1S/C23H22N6/c1-2-11-25-22(7-1)28-23-26-13-10-20(27-23)21-6-4-14-29(21)16-17-8-9-19-18(15-17)5-3-12-24-19/h1-3,5,7-13,15,21H,4,6,14,16H2,(H,25,26,27,28)/t21-/m1/s1. The molecule has 0 amide bonds. The molecule has 1 fully saturated rings. The number of aromatic nitrogens is 4. The summed E-state index contributed by atoms with van der Waals surface area (Å²) < 4.78 is 0. The van der Waals surface area contributed by atoms with Crippen LogP contribution in [0.3, 0.4) is 0 Å². The minimum Gasteiger partial charge on any atom is -0.309 e. The quantitative estimate of drug-likeness (QED) is 0.548. The van der Waals surface area contributed by atoms with Crippen molar-refractivity contribution in [3.05, 3.63) is 84.4 Å². The average Bonchev–Trinajstić information content (AvgIpc) is 3.23. The molecule has 4 heterocycles. The highest BCUT2D eigenvalue weighted by molar-refractivity contribution is 5.78. The van der Waals surface area contributed by atoms with Gasteiger partial charge in [0.05, 0.1) is 17.3 Å². The molecule has 5 rings (SSSR count). The fourth-order valence-electron chi connectivity index (χ4n) is 3.98. The maximum Gasteiger partial charge on any atom is 0.228 e. The van der Waals surface area contributed by atoms with Gasteiger partial charge in [-0.15, -0.1) is 0 Å². The second-order valence-electron chi connectivity index (χ2n) is 7.30. The number of rotatable bonds is 5. The Labute approximate surface area is 169 Å². The van der Waals surface area contributed by atoms with Gasteiger partial charge in [0, 0.05) is 30.5 Å². The Morgan fingerprint density at radius 1 is 0.931 bits per heavy atom. The first-order valence-corrected chi connectivity index (χ1v) is 9.94. The minimum absolute atomic E-state index is 0.298. The van der Waals surface area contributed by atoms with Crippen molar-refractivity contribution >= 4 is 22.7 Å². The van der Waals surface area contributed by atoms with Gasteiger partial charge in [-0.3, -0.25) is 9.88 Å². The third-order valence-corrected chi connectivity index (χ3v) is 5.34. The van der Waals surface area contributed by atoms with Gasteiger partial charge in [-0.1, -0.05) is 18.2 Å². The molecule has 144 valence electrons. The second-order valence-corrected chi connectivity index (χ2v) is 7.30. The lowest BCUT2D eigenvalue weighted by Gasteiger charge is -2.24. The summed E-state index contributed by atoms with van der Waals surface area (Å²) in [6.07, 6.45) is 7.70. The van der Waals surface area contributed by atoms with Gasteiger partial charge in [-0.25, -0.2) is 15.0 Å². The van der Waals surface area contributed by atoms with Crippen LogP contribution < -0.4 is 5.32 Å². The number of benzene rings is 1. The van der Waals surface area contributed by atoms with E-state index in [0.717, 1.165) is 36.5 Å². The van der Waals surface area contributed by atoms with Crippen LogP contribution in [0.4, 0.5) is 11.8 Å². The molecule has 4 aromatic rings. The summed E-state index contributed by atoms with van der Waals surface area (Å²) in [4.78, 5) is 20.4. The van der Waals surface area contributed by atoms with E-state index in [1.54, 1.807) is 6.20 Å². The van der Waals surface area contributed by atoms with Gasteiger partial charge in [-0.2, -0.15) is 0 Å². The SMILES string of the molecule is c1ccc(Nc2nccc([C@H]3CCCN3Cc3ccc4ncccc4c3)n2)nc1. The van der Waals surface area contributed by atoms with Crippen LogP contribution in [0.5, 0.6) is 0 Å². The first-order valence-electron chi connectivity index (χ1n) is 9.94. The molecule has 1 saturated heterocycles. The molecular formula is C23H22N6. The monoisotopic (exact) mass is 382 g/mol. The Hall–Kier alpha value is -3.38. The number of pyridine rings is 2. The smallest absolute Gasteiger partial charge is 0.228 e. The van der Waals surface area contributed by atoms with Crippen molar-refractivity contribution < 1.29 is 0 Å². The van der Waals surface area contributed by atoms with E-state index in [0.29, 0.717) is 12.0 Å². The largest absolute Gasteiger partial charge is 0.309 e. The van der Waals surface area contributed by atoms with Crippen LogP contribution >= 0.6 is 0 Å². The van der Waals surface area contributed by atoms with Gasteiger partial charge in [0.2, 0.25) is 5.95 Å². The van der Waals surface area contributed by atoms with E-state index in [1.165, 1.54) is 17.4 Å². The highest BCUT2D eigenvalue weighted by atomic mass is 15.2. The highest BCUT2D eigenvalue weighted by Gasteiger charge is 2.27. The topological polar surface area (TPSA) is 66.8 Å². The summed E-state index contributed by atoms with van der Waals surface area (Å²) in [5.41, 5.74) is 3.40. The summed E-state index contributed by atoms with van der Waals surface area (Å²) in [6.45, 7) is 1.98. The maximum absolute atomic E-state index is 4.78. The van der Waals surface area contributed by atoms with E-state index < -0.39 is 0 Å². The molecule has 6 nitrogen and oxygen atoms in total. The van der Waals surface area contributed by atoms with E-state index in [9.17, 15) is 0 Å². The predicted octanol–water partition coefficient (Wildman–Crippen LogP) is 4.50. The first kappa shape index (κ1) is 17.7. The third kappa shape index (κ3) is 3.93. The molecule has 0 radical (unpaired) electrons. The first-order chi connectivity index (χ1) is 14.3. The number of hydrogen-bond donors (Lipinski definition) is 1. The van der Waals surface area contributed by atoms with E-state index >= 15 is 0 Å². The predicted molar refractivity (Wildman–Crippen MR) is 114 cm³/mol. The van der Waals surface area contributed by atoms with Crippen molar-refractivity contribution in [3.8, 4) is 0 Å². The Kier molecular flexibility index (Phi) is 4.84. The summed E-state index contributed by atoms with van der Waals surface area (Å²) in [7, 11) is 0. The van der Waals surface area contributed by atoms with Crippen LogP contribution in [0, 0.1) is 0 Å². The fraction of sp³-hybridized carbons (Fsp3) is 0.217. The summed E-state index contributed by atoms with van der Waals surface area (Å²) in [5.74, 6) is 1.34. The van der Waals surface area contributed by atoms with Crippen LogP contribution in [0.2, 0.25) is 0 Å². The van der Waals surface area contributed by atoms with Crippen molar-refractivity contribution in [1.29, 1.82) is 0 Å². The zero-order chi connectivity index (χ0) is 19.5. The number of nitrogens with zero attached hydrogens (tertiary/aromatic N) is 5. The van der Waals surface area contributed by atoms with Crippen molar-refractivity contribution in [2.24, 2.45) is 0 Å². The van der Waals surface area contributed by atoms with Crippen molar-refractivity contribution in [2.45, 2.75) is 25.4 Å². The number of likely N-dealkylation sites (tertiary alicyclic amines) is 1. The molecule has 0 bridgehead atoms. The number of fused-ring (bicyclic) bond motifs is 1. The number of hydrogen-bond acceptors (Lipinski definition) is 6. The summed E-state index contributed by atoms with van der Waals surface area (Å²) in [6, 6.07) is 18.7. The van der Waals surface area contributed by atoms with Crippen LogP contribution in [-0.2, 0) is 6.54 Å². The van der Waals surface area contributed by atoms with Crippen molar-refractivity contribution in [3.63, 3.8) is 0 Å². The fourth-order valence-corrected chi connectivity index (χ4v) is 3.98. The lowest BCUT2D eigenvalue weighted by Crippen LogP contribution is -2.23. The molecule has 0 aliphatic carbocycles. The molecule has 1 aliphatic heterocycles. The highest BCUT2D eigenvalue weighted by Crippen LogP contribution is 2.32. The molecule has 29 heavy (non-hydrogen) atoms. The molecule has 1 aliphatic rings. The van der Waals surface area contributed by atoms with Gasteiger partial charge < -0.3 is 5.32 Å². The van der Waals surface area contributed by atoms with Gasteiger partial charge in [0.25, 0.3) is 0 Å². The van der Waals surface area contributed by atoms with E-state index in [2.05, 4.69) is 49.4 Å². The summed E-state index contributed by atoms with van der Waals surface area (Å²) in [5, 5.41) is 4.38. The van der Waals surface area contributed by atoms with Crippen LogP contribution in [0.1, 0.15) is 30.1 Å². The molecule has 1 atom stereocenters. The number of anilines is 2. The zero-order valence-corrected chi connectivity index (χ0v) is 16.1. The Morgan fingerprint density at radius 3 is 2.83 bits per heavy atom. The Balaban J connectivity index is 1.35. The molecule has 0 unspecified atom stereocenters. The molecule has 6 heteroatoms. The average molecular weight is 382 g/mol. The van der Waals surface area contributed by atoms with Crippen molar-refractivity contribution in [2.75, 3.05) is 11.9 Å². The second kappa shape index (κ2) is 7.93. The van der Waals surface area contributed by atoms with E-state index in [-0.39, 0.29) is 0 Å². The maximum atomic E-state index is 4.78. The van der Waals surface area contributed by atoms with Crippen molar-refractivity contribution in [1.82, 2.24) is 24.8 Å². The molecule has 0 saturated carbocycles. The Morgan fingerprint density at radius 2 is 1.90 bits per heavy atom. The molecular weight excluding hydrogens is 360 g/mol. The van der Waals surface area contributed by atoms with Crippen LogP contribution in [0.15, 0.2) is 73.2 Å². The van der Waals surface area contributed by atoms with E-state index in [4.69, 9.17) is 4.98 Å². The molecule has 1 N–H and O–H groups in total.